The van der Waals surface area contributed by atoms with E-state index in [9.17, 15) is 0 Å². The molecule has 0 saturated heterocycles. The molecule has 0 amide bonds. The highest BCUT2D eigenvalue weighted by Gasteiger charge is 2.61. The summed E-state index contributed by atoms with van der Waals surface area (Å²) in [5, 5.41) is 0. The zero-order valence-electron chi connectivity index (χ0n) is 17.6. The van der Waals surface area contributed by atoms with Crippen LogP contribution in [0.25, 0.3) is 0 Å². The Kier molecular flexibility index (Phi) is 11.9. The molecule has 0 aromatic carbocycles. The molecule has 0 aliphatic carbocycles. The maximum Gasteiger partial charge on any atom is 0.674 e. The summed E-state index contributed by atoms with van der Waals surface area (Å²) < 4.78 is 41.9. The summed E-state index contributed by atoms with van der Waals surface area (Å²) in [5.41, 5.74) is 0. The molecular formula is C16H38O7Si2. The van der Waals surface area contributed by atoms with E-state index >= 15 is 0 Å². The van der Waals surface area contributed by atoms with Gasteiger partial charge in [0.2, 0.25) is 0 Å². The van der Waals surface area contributed by atoms with Crippen LogP contribution in [-0.2, 0) is 30.7 Å². The van der Waals surface area contributed by atoms with Crippen LogP contribution in [0.2, 0.25) is 0 Å². The Bertz CT molecular complexity index is 345. The SMILES string of the molecule is CCO[Si@@](OC)(OC(C)C)O[Si](OC(C)C)(OC(C)C)O[C@@H](C)CC. The van der Waals surface area contributed by atoms with Crippen molar-refractivity contribution in [3.05, 3.63) is 0 Å². The molecule has 0 fully saturated rings. The van der Waals surface area contributed by atoms with Gasteiger partial charge in [-0.15, -0.1) is 0 Å². The van der Waals surface area contributed by atoms with Crippen LogP contribution in [0.3, 0.4) is 0 Å². The highest BCUT2D eigenvalue weighted by atomic mass is 28.5. The van der Waals surface area contributed by atoms with Crippen molar-refractivity contribution in [3.8, 4) is 0 Å². The molecule has 0 saturated carbocycles. The summed E-state index contributed by atoms with van der Waals surface area (Å²) >= 11 is 0. The Morgan fingerprint density at radius 1 is 0.680 bits per heavy atom. The van der Waals surface area contributed by atoms with E-state index < -0.39 is 18.1 Å². The molecular weight excluding hydrogens is 360 g/mol. The predicted molar refractivity (Wildman–Crippen MR) is 101 cm³/mol. The van der Waals surface area contributed by atoms with Gasteiger partial charge >= 0.3 is 18.1 Å². The minimum absolute atomic E-state index is 0.103. The molecule has 0 aliphatic rings. The highest BCUT2D eigenvalue weighted by Crippen LogP contribution is 2.26. The Hall–Kier alpha value is 0.154. The van der Waals surface area contributed by atoms with Gasteiger partial charge in [0.25, 0.3) is 0 Å². The second-order valence-electron chi connectivity index (χ2n) is 6.58. The van der Waals surface area contributed by atoms with Crippen molar-refractivity contribution in [2.45, 2.75) is 93.2 Å². The van der Waals surface area contributed by atoms with Crippen LogP contribution < -0.4 is 0 Å². The monoisotopic (exact) mass is 398 g/mol. The van der Waals surface area contributed by atoms with Gasteiger partial charge in [-0.1, -0.05) is 6.92 Å². The fourth-order valence-electron chi connectivity index (χ4n) is 1.92. The maximum atomic E-state index is 6.26. The third-order valence-electron chi connectivity index (χ3n) is 2.88. The lowest BCUT2D eigenvalue weighted by atomic mass is 10.3. The first-order valence-electron chi connectivity index (χ1n) is 9.14. The molecule has 0 N–H and O–H groups in total. The zero-order chi connectivity index (χ0) is 19.7. The lowest BCUT2D eigenvalue weighted by Crippen LogP contribution is -2.64. The van der Waals surface area contributed by atoms with Crippen LogP contribution >= 0.6 is 0 Å². The largest absolute Gasteiger partial charge is 0.674 e. The van der Waals surface area contributed by atoms with Crippen molar-refractivity contribution in [3.63, 3.8) is 0 Å². The van der Waals surface area contributed by atoms with E-state index in [1.165, 1.54) is 7.11 Å². The maximum absolute atomic E-state index is 6.26. The Labute approximate surface area is 156 Å². The van der Waals surface area contributed by atoms with Crippen molar-refractivity contribution < 1.29 is 30.7 Å². The minimum atomic E-state index is -3.58. The van der Waals surface area contributed by atoms with Gasteiger partial charge < -0.3 is 30.7 Å². The average Bonchev–Trinajstić information content (AvgIpc) is 2.44. The van der Waals surface area contributed by atoms with Crippen molar-refractivity contribution in [1.29, 1.82) is 0 Å². The minimum Gasteiger partial charge on any atom is -0.355 e. The van der Waals surface area contributed by atoms with E-state index in [-0.39, 0.29) is 24.4 Å². The second kappa shape index (κ2) is 11.8. The number of hydrogen-bond donors (Lipinski definition) is 0. The summed E-state index contributed by atoms with van der Waals surface area (Å²) in [5.74, 6) is 0. The van der Waals surface area contributed by atoms with Gasteiger partial charge in [-0.2, -0.15) is 0 Å². The molecule has 0 unspecified atom stereocenters. The van der Waals surface area contributed by atoms with Crippen LogP contribution in [0.4, 0.5) is 0 Å². The predicted octanol–water partition coefficient (Wildman–Crippen LogP) is 3.65. The van der Waals surface area contributed by atoms with Crippen molar-refractivity contribution in [1.82, 2.24) is 0 Å². The lowest BCUT2D eigenvalue weighted by Gasteiger charge is -2.38. The summed E-state index contributed by atoms with van der Waals surface area (Å²) in [6.07, 6.45) is 0.236. The van der Waals surface area contributed by atoms with Crippen LogP contribution in [0, 0.1) is 0 Å². The average molecular weight is 399 g/mol. The molecule has 9 heteroatoms. The first-order valence-corrected chi connectivity index (χ1v) is 12.4. The Morgan fingerprint density at radius 2 is 1.12 bits per heavy atom. The highest BCUT2D eigenvalue weighted by molar-refractivity contribution is 6.68. The van der Waals surface area contributed by atoms with E-state index in [0.717, 1.165) is 6.42 Å². The van der Waals surface area contributed by atoms with Crippen LogP contribution in [0.5, 0.6) is 0 Å². The standard InChI is InChI=1S/C16H38O7Si2/c1-11-16(9)22-25(20-14(5)6,21-15(7)8)23-24(17-10,18-12-2)19-13(3)4/h13-16H,11-12H2,1-10H3/t16-,24-/m0/s1. The zero-order valence-corrected chi connectivity index (χ0v) is 19.6. The van der Waals surface area contributed by atoms with Crippen LogP contribution in [0.15, 0.2) is 0 Å². The van der Waals surface area contributed by atoms with Crippen LogP contribution in [-0.4, -0.2) is 56.2 Å². The fourth-order valence-corrected chi connectivity index (χ4v) is 7.67. The molecule has 0 spiro atoms. The lowest BCUT2D eigenvalue weighted by molar-refractivity contribution is -0.0941. The molecule has 0 radical (unpaired) electrons. The molecule has 0 aromatic heterocycles. The second-order valence-corrected chi connectivity index (χ2v) is 11.0. The number of hydrogen-bond acceptors (Lipinski definition) is 7. The molecule has 0 heterocycles. The van der Waals surface area contributed by atoms with Crippen molar-refractivity contribution >= 4 is 18.1 Å². The molecule has 0 aliphatic heterocycles. The van der Waals surface area contributed by atoms with Gasteiger partial charge in [-0.25, -0.2) is 0 Å². The normalized spacial score (nSPS) is 16.7. The molecule has 7 nitrogen and oxygen atoms in total. The third kappa shape index (κ3) is 9.59. The van der Waals surface area contributed by atoms with Gasteiger partial charge in [-0.3, -0.25) is 0 Å². The van der Waals surface area contributed by atoms with E-state index in [0.29, 0.717) is 6.61 Å². The summed E-state index contributed by atoms with van der Waals surface area (Å²) in [4.78, 5) is 0. The Balaban J connectivity index is 5.84. The van der Waals surface area contributed by atoms with E-state index in [4.69, 9.17) is 30.7 Å². The van der Waals surface area contributed by atoms with Crippen molar-refractivity contribution in [2.75, 3.05) is 13.7 Å². The smallest absolute Gasteiger partial charge is 0.355 e. The van der Waals surface area contributed by atoms with Gasteiger partial charge in [0, 0.05) is 38.1 Å². The fraction of sp³-hybridized carbons (Fsp3) is 1.00. The first kappa shape index (κ1) is 25.2. The summed E-state index contributed by atoms with van der Waals surface area (Å²) in [6.45, 7) is 17.7. The number of rotatable bonds is 14. The molecule has 0 bridgehead atoms. The first-order chi connectivity index (χ1) is 11.5. The van der Waals surface area contributed by atoms with Gasteiger partial charge in [0.15, 0.2) is 0 Å². The van der Waals surface area contributed by atoms with E-state index in [1.54, 1.807) is 0 Å². The topological polar surface area (TPSA) is 64.6 Å². The molecule has 2 atom stereocenters. The molecule has 0 rings (SSSR count). The van der Waals surface area contributed by atoms with Gasteiger partial charge in [-0.05, 0) is 61.8 Å². The molecule has 152 valence electrons. The summed E-state index contributed by atoms with van der Waals surface area (Å²) in [7, 11) is -5.56. The molecule has 0 aromatic rings. The van der Waals surface area contributed by atoms with Gasteiger partial charge in [0.1, 0.15) is 0 Å². The van der Waals surface area contributed by atoms with Crippen LogP contribution in [0.1, 0.15) is 68.7 Å². The van der Waals surface area contributed by atoms with E-state index in [1.807, 2.05) is 62.3 Å². The quantitative estimate of drug-likeness (QED) is 0.414. The van der Waals surface area contributed by atoms with Gasteiger partial charge in [0.05, 0.1) is 0 Å². The Morgan fingerprint density at radius 3 is 1.44 bits per heavy atom. The van der Waals surface area contributed by atoms with E-state index in [2.05, 4.69) is 0 Å². The van der Waals surface area contributed by atoms with Crippen molar-refractivity contribution in [2.24, 2.45) is 0 Å². The molecule has 25 heavy (non-hydrogen) atoms. The third-order valence-corrected chi connectivity index (χ3v) is 9.00. The summed E-state index contributed by atoms with van der Waals surface area (Å²) in [6, 6.07) is 0.